The van der Waals surface area contributed by atoms with E-state index in [0.717, 1.165) is 39.0 Å². The molecule has 0 aromatic heterocycles. The minimum absolute atomic E-state index is 0.0456. The van der Waals surface area contributed by atoms with Crippen LogP contribution in [0.2, 0.25) is 0 Å². The molecule has 2 rings (SSSR count). The van der Waals surface area contributed by atoms with E-state index in [-0.39, 0.29) is 5.91 Å². The largest absolute Gasteiger partial charge is 0.388 e. The first-order chi connectivity index (χ1) is 8.57. The Labute approximate surface area is 109 Å². The van der Waals surface area contributed by atoms with Crippen molar-refractivity contribution in [2.45, 2.75) is 31.3 Å². The first-order valence-corrected chi connectivity index (χ1v) is 6.97. The molecule has 2 fully saturated rings. The molecular formula is C13H25N3O2. The van der Waals surface area contributed by atoms with Crippen LogP contribution in [0.3, 0.4) is 0 Å². The van der Waals surface area contributed by atoms with Crippen molar-refractivity contribution in [3.63, 3.8) is 0 Å². The highest BCUT2D eigenvalue weighted by Crippen LogP contribution is 2.20. The van der Waals surface area contributed by atoms with Gasteiger partial charge in [0, 0.05) is 19.6 Å². The maximum atomic E-state index is 11.8. The predicted octanol–water partition coefficient (Wildman–Crippen LogP) is -0.345. The average Bonchev–Trinajstić information content (AvgIpc) is 2.84. The van der Waals surface area contributed by atoms with E-state index in [9.17, 15) is 9.90 Å². The fraction of sp³-hybridized carbons (Fsp3) is 0.923. The van der Waals surface area contributed by atoms with Gasteiger partial charge in [0.05, 0.1) is 12.1 Å². The Morgan fingerprint density at radius 3 is 2.44 bits per heavy atom. The fourth-order valence-corrected chi connectivity index (χ4v) is 2.67. The molecule has 104 valence electrons. The Balaban J connectivity index is 1.68. The lowest BCUT2D eigenvalue weighted by molar-refractivity contribution is -0.123. The zero-order chi connectivity index (χ0) is 13.0. The topological polar surface area (TPSA) is 55.8 Å². The molecule has 1 amide bonds. The Morgan fingerprint density at radius 1 is 1.22 bits per heavy atom. The van der Waals surface area contributed by atoms with Crippen molar-refractivity contribution in [3.05, 3.63) is 0 Å². The number of carbonyl (C=O) groups excluding carboxylic acids is 1. The molecule has 0 atom stereocenters. The Morgan fingerprint density at radius 2 is 1.83 bits per heavy atom. The maximum Gasteiger partial charge on any atom is 0.234 e. The minimum atomic E-state index is -0.701. The van der Waals surface area contributed by atoms with Crippen LogP contribution in [0.25, 0.3) is 0 Å². The highest BCUT2D eigenvalue weighted by Gasteiger charge is 2.31. The van der Waals surface area contributed by atoms with Gasteiger partial charge in [-0.3, -0.25) is 9.69 Å². The molecule has 0 aromatic carbocycles. The van der Waals surface area contributed by atoms with Gasteiger partial charge in [0.25, 0.3) is 0 Å². The standard InChI is InChI=1S/C13H25N3O2/c1-15-8-4-13(18,5-9-15)11-14-12(17)10-16-6-2-3-7-16/h18H,2-11H2,1H3,(H,14,17). The third-order valence-electron chi connectivity index (χ3n) is 4.10. The third-order valence-corrected chi connectivity index (χ3v) is 4.10. The van der Waals surface area contributed by atoms with E-state index in [4.69, 9.17) is 0 Å². The van der Waals surface area contributed by atoms with Crippen molar-refractivity contribution in [2.24, 2.45) is 0 Å². The fourth-order valence-electron chi connectivity index (χ4n) is 2.67. The summed E-state index contributed by atoms with van der Waals surface area (Å²) in [7, 11) is 2.06. The first kappa shape index (κ1) is 13.8. The Hall–Kier alpha value is -0.650. The number of hydrogen-bond acceptors (Lipinski definition) is 4. The van der Waals surface area contributed by atoms with E-state index in [0.29, 0.717) is 13.1 Å². The summed E-state index contributed by atoms with van der Waals surface area (Å²) in [6.07, 6.45) is 3.88. The lowest BCUT2D eigenvalue weighted by atomic mass is 9.91. The Kier molecular flexibility index (Phi) is 4.59. The molecule has 0 aromatic rings. The van der Waals surface area contributed by atoms with Gasteiger partial charge in [0.2, 0.25) is 5.91 Å². The van der Waals surface area contributed by atoms with Crippen LogP contribution in [-0.2, 0) is 4.79 Å². The van der Waals surface area contributed by atoms with Gasteiger partial charge in [-0.15, -0.1) is 0 Å². The van der Waals surface area contributed by atoms with Crippen molar-refractivity contribution in [2.75, 3.05) is 46.3 Å². The van der Waals surface area contributed by atoms with Gasteiger partial charge < -0.3 is 15.3 Å². The van der Waals surface area contributed by atoms with Crippen LogP contribution >= 0.6 is 0 Å². The van der Waals surface area contributed by atoms with Crippen LogP contribution in [0, 0.1) is 0 Å². The van der Waals surface area contributed by atoms with E-state index in [1.807, 2.05) is 0 Å². The minimum Gasteiger partial charge on any atom is -0.388 e. The molecule has 2 saturated heterocycles. The summed E-state index contributed by atoms with van der Waals surface area (Å²) in [5.74, 6) is 0.0456. The molecule has 2 aliphatic rings. The smallest absolute Gasteiger partial charge is 0.234 e. The van der Waals surface area contributed by atoms with E-state index < -0.39 is 5.60 Å². The zero-order valence-corrected chi connectivity index (χ0v) is 11.3. The van der Waals surface area contributed by atoms with Crippen molar-refractivity contribution in [1.29, 1.82) is 0 Å². The van der Waals surface area contributed by atoms with E-state index >= 15 is 0 Å². The summed E-state index contributed by atoms with van der Waals surface area (Å²) in [4.78, 5) is 16.2. The molecule has 5 nitrogen and oxygen atoms in total. The molecule has 0 saturated carbocycles. The second-order valence-electron chi connectivity index (χ2n) is 5.79. The number of likely N-dealkylation sites (tertiary alicyclic amines) is 2. The Bertz CT molecular complexity index is 282. The van der Waals surface area contributed by atoms with Crippen molar-refractivity contribution in [3.8, 4) is 0 Å². The van der Waals surface area contributed by atoms with Gasteiger partial charge in [-0.05, 0) is 45.8 Å². The van der Waals surface area contributed by atoms with Gasteiger partial charge in [0.1, 0.15) is 0 Å². The quantitative estimate of drug-likeness (QED) is 0.721. The summed E-state index contributed by atoms with van der Waals surface area (Å²) >= 11 is 0. The lowest BCUT2D eigenvalue weighted by Crippen LogP contribution is -2.51. The number of nitrogens with zero attached hydrogens (tertiary/aromatic N) is 2. The molecule has 0 unspecified atom stereocenters. The third kappa shape index (κ3) is 3.93. The summed E-state index contributed by atoms with van der Waals surface area (Å²) in [6.45, 7) is 4.74. The number of carbonyl (C=O) groups is 1. The molecule has 5 heteroatoms. The number of piperidine rings is 1. The molecule has 2 heterocycles. The molecule has 0 radical (unpaired) electrons. The van der Waals surface area contributed by atoms with E-state index in [2.05, 4.69) is 22.2 Å². The molecule has 18 heavy (non-hydrogen) atoms. The summed E-state index contributed by atoms with van der Waals surface area (Å²) in [5.41, 5.74) is -0.701. The summed E-state index contributed by atoms with van der Waals surface area (Å²) in [6, 6.07) is 0. The lowest BCUT2D eigenvalue weighted by Gasteiger charge is -2.36. The van der Waals surface area contributed by atoms with Crippen molar-refractivity contribution >= 4 is 5.91 Å². The monoisotopic (exact) mass is 255 g/mol. The van der Waals surface area contributed by atoms with E-state index in [1.54, 1.807) is 0 Å². The normalized spacial score (nSPS) is 25.2. The van der Waals surface area contributed by atoms with Crippen LogP contribution < -0.4 is 5.32 Å². The van der Waals surface area contributed by atoms with Gasteiger partial charge in [-0.1, -0.05) is 0 Å². The highest BCUT2D eigenvalue weighted by atomic mass is 16.3. The van der Waals surface area contributed by atoms with Crippen molar-refractivity contribution in [1.82, 2.24) is 15.1 Å². The molecule has 0 aliphatic carbocycles. The second kappa shape index (κ2) is 5.99. The molecule has 2 N–H and O–H groups in total. The van der Waals surface area contributed by atoms with Crippen LogP contribution in [0.5, 0.6) is 0 Å². The second-order valence-corrected chi connectivity index (χ2v) is 5.79. The molecular weight excluding hydrogens is 230 g/mol. The maximum absolute atomic E-state index is 11.8. The number of amides is 1. The molecule has 0 bridgehead atoms. The van der Waals surface area contributed by atoms with Gasteiger partial charge >= 0.3 is 0 Å². The first-order valence-electron chi connectivity index (χ1n) is 6.97. The highest BCUT2D eigenvalue weighted by molar-refractivity contribution is 5.78. The van der Waals surface area contributed by atoms with Crippen LogP contribution in [0.1, 0.15) is 25.7 Å². The number of nitrogens with one attached hydrogen (secondary N) is 1. The van der Waals surface area contributed by atoms with Crippen LogP contribution in [-0.4, -0.2) is 72.7 Å². The van der Waals surface area contributed by atoms with Gasteiger partial charge in [-0.25, -0.2) is 0 Å². The number of hydrogen-bond donors (Lipinski definition) is 2. The summed E-state index contributed by atoms with van der Waals surface area (Å²) < 4.78 is 0. The van der Waals surface area contributed by atoms with E-state index in [1.165, 1.54) is 12.8 Å². The van der Waals surface area contributed by atoms with Gasteiger partial charge in [0.15, 0.2) is 0 Å². The number of aliphatic hydroxyl groups is 1. The van der Waals surface area contributed by atoms with Crippen LogP contribution in [0.15, 0.2) is 0 Å². The zero-order valence-electron chi connectivity index (χ0n) is 11.3. The summed E-state index contributed by atoms with van der Waals surface area (Å²) in [5, 5.41) is 13.2. The van der Waals surface area contributed by atoms with Crippen molar-refractivity contribution < 1.29 is 9.90 Å². The van der Waals surface area contributed by atoms with Crippen LogP contribution in [0.4, 0.5) is 0 Å². The number of rotatable bonds is 4. The van der Waals surface area contributed by atoms with Gasteiger partial charge in [-0.2, -0.15) is 0 Å². The predicted molar refractivity (Wildman–Crippen MR) is 70.4 cm³/mol. The molecule has 2 aliphatic heterocycles. The molecule has 0 spiro atoms. The SMILES string of the molecule is CN1CCC(O)(CNC(=O)CN2CCCC2)CC1. The average molecular weight is 255 g/mol.